The molecule has 2 heterocycles. The van der Waals surface area contributed by atoms with E-state index >= 15 is 0 Å². The second kappa shape index (κ2) is 4.81. The van der Waals surface area contributed by atoms with Gasteiger partial charge in [-0.3, -0.25) is 14.9 Å². The van der Waals surface area contributed by atoms with Crippen molar-refractivity contribution in [1.29, 1.82) is 0 Å². The molecule has 0 bridgehead atoms. The minimum atomic E-state index is -0.472. The van der Waals surface area contributed by atoms with Crippen molar-refractivity contribution in [3.63, 3.8) is 0 Å². The molecule has 0 aliphatic carbocycles. The second-order valence-electron chi connectivity index (χ2n) is 5.38. The van der Waals surface area contributed by atoms with Crippen LogP contribution in [0.4, 0.5) is 0 Å². The van der Waals surface area contributed by atoms with Gasteiger partial charge in [-0.15, -0.1) is 0 Å². The summed E-state index contributed by atoms with van der Waals surface area (Å²) in [5.74, 6) is -1.04. The third kappa shape index (κ3) is 1.97. The number of hydrogen-bond acceptors (Lipinski definition) is 4. The number of nitrogens with zero attached hydrogens (tertiary/aromatic N) is 1. The molecule has 3 aromatic rings. The normalized spacial score (nSPS) is 18.9. The average Bonchev–Trinajstić information content (AvgIpc) is 2.91. The molecule has 0 saturated carbocycles. The number of nitrogens with one attached hydrogen (secondary N) is 1. The Bertz CT molecular complexity index is 932. The highest BCUT2D eigenvalue weighted by Crippen LogP contribution is 2.35. The first kappa shape index (κ1) is 13.3. The lowest BCUT2D eigenvalue weighted by Crippen LogP contribution is -2.39. The van der Waals surface area contributed by atoms with Gasteiger partial charge >= 0.3 is 0 Å². The molecule has 0 radical (unpaired) electrons. The van der Waals surface area contributed by atoms with Crippen LogP contribution in [-0.4, -0.2) is 17.0 Å². The molecule has 1 fully saturated rings. The quantitative estimate of drug-likeness (QED) is 0.700. The highest BCUT2D eigenvalue weighted by Gasteiger charge is 2.32. The van der Waals surface area contributed by atoms with Crippen molar-refractivity contribution in [2.75, 3.05) is 0 Å². The molecule has 1 atom stereocenters. The summed E-state index contributed by atoms with van der Waals surface area (Å²) in [5, 5.41) is 9.79. The lowest BCUT2D eigenvalue weighted by Gasteiger charge is -2.19. The topological polar surface area (TPSA) is 72.2 Å². The first-order valence-corrected chi connectivity index (χ1v) is 7.32. The van der Waals surface area contributed by atoms with Crippen molar-refractivity contribution in [3.05, 3.63) is 41.0 Å². The smallest absolute Gasteiger partial charge is 0.235 e. The van der Waals surface area contributed by atoms with Crippen LogP contribution in [0, 0.1) is 0 Å². The Balaban J connectivity index is 1.95. The molecule has 5 nitrogen and oxygen atoms in total. The summed E-state index contributed by atoms with van der Waals surface area (Å²) in [7, 11) is 0. The van der Waals surface area contributed by atoms with Gasteiger partial charge in [-0.25, -0.2) is 0 Å². The molecule has 6 heteroatoms. The summed E-state index contributed by atoms with van der Waals surface area (Å²) in [6.07, 6.45) is 0.748. The molecule has 2 amide bonds. The summed E-state index contributed by atoms with van der Waals surface area (Å²) in [4.78, 5) is 23.4. The monoisotopic (exact) mass is 314 g/mol. The molecule has 1 aromatic heterocycles. The lowest BCUT2D eigenvalue weighted by atomic mass is 9.91. The van der Waals surface area contributed by atoms with Crippen molar-refractivity contribution in [3.8, 4) is 0 Å². The van der Waals surface area contributed by atoms with Gasteiger partial charge in [0.15, 0.2) is 5.58 Å². The molecular formula is C16H11ClN2O3. The van der Waals surface area contributed by atoms with Crippen molar-refractivity contribution >= 4 is 45.2 Å². The molecule has 22 heavy (non-hydrogen) atoms. The summed E-state index contributed by atoms with van der Waals surface area (Å²) in [5.41, 5.74) is 1.20. The molecule has 4 rings (SSSR count). The Labute approximate surface area is 130 Å². The van der Waals surface area contributed by atoms with Crippen LogP contribution < -0.4 is 5.32 Å². The van der Waals surface area contributed by atoms with Crippen LogP contribution in [0.25, 0.3) is 21.7 Å². The van der Waals surface area contributed by atoms with Gasteiger partial charge in [-0.05, 0) is 35.4 Å². The van der Waals surface area contributed by atoms with E-state index in [1.807, 2.05) is 24.3 Å². The van der Waals surface area contributed by atoms with E-state index in [-0.39, 0.29) is 11.8 Å². The number of rotatable bonds is 1. The Morgan fingerprint density at radius 3 is 2.91 bits per heavy atom. The van der Waals surface area contributed by atoms with Crippen molar-refractivity contribution in [2.24, 2.45) is 0 Å². The predicted molar refractivity (Wildman–Crippen MR) is 81.6 cm³/mol. The fourth-order valence-electron chi connectivity index (χ4n) is 2.96. The highest BCUT2D eigenvalue weighted by atomic mass is 35.5. The molecular weight excluding hydrogens is 304 g/mol. The number of imide groups is 1. The summed E-state index contributed by atoms with van der Waals surface area (Å²) in [6.45, 7) is 0. The molecule has 1 aliphatic heterocycles. The van der Waals surface area contributed by atoms with E-state index in [1.165, 1.54) is 0 Å². The van der Waals surface area contributed by atoms with Crippen LogP contribution in [0.2, 0.25) is 5.02 Å². The molecule has 0 spiro atoms. The number of piperidine rings is 1. The number of hydrogen-bond donors (Lipinski definition) is 1. The number of halogens is 1. The van der Waals surface area contributed by atoms with E-state index in [1.54, 1.807) is 6.07 Å². The maximum absolute atomic E-state index is 12.1. The minimum Gasteiger partial charge on any atom is -0.356 e. The van der Waals surface area contributed by atoms with Crippen LogP contribution in [-0.2, 0) is 9.59 Å². The van der Waals surface area contributed by atoms with Gasteiger partial charge in [0.05, 0.1) is 11.3 Å². The molecule has 1 N–H and O–H groups in total. The largest absolute Gasteiger partial charge is 0.356 e. The summed E-state index contributed by atoms with van der Waals surface area (Å²) < 4.78 is 5.37. The van der Waals surface area contributed by atoms with Gasteiger partial charge in [-0.2, -0.15) is 0 Å². The van der Waals surface area contributed by atoms with E-state index in [4.69, 9.17) is 16.1 Å². The third-order valence-electron chi connectivity index (χ3n) is 4.01. The van der Waals surface area contributed by atoms with Crippen molar-refractivity contribution in [2.45, 2.75) is 18.8 Å². The molecule has 1 saturated heterocycles. The highest BCUT2D eigenvalue weighted by molar-refractivity contribution is 6.31. The zero-order valence-corrected chi connectivity index (χ0v) is 12.2. The maximum Gasteiger partial charge on any atom is 0.235 e. The SMILES string of the molecule is O=C1CC[C@H](c2noc3ccc4cc(Cl)ccc4c23)C(=O)N1. The fourth-order valence-corrected chi connectivity index (χ4v) is 3.14. The number of carbonyl (C=O) groups excluding carboxylic acids is 2. The van der Waals surface area contributed by atoms with Crippen LogP contribution >= 0.6 is 11.6 Å². The Morgan fingerprint density at radius 2 is 2.09 bits per heavy atom. The Kier molecular flexibility index (Phi) is 2.90. The standard InChI is InChI=1S/C16H11ClN2O3/c17-9-2-3-10-8(7-9)1-5-12-14(10)15(19-22-12)11-4-6-13(20)18-16(11)21/h1-3,5,7,11H,4,6H2,(H,18,20,21)/t11-/m1/s1. The van der Waals surface area contributed by atoms with Gasteiger partial charge in [0, 0.05) is 11.4 Å². The number of carbonyl (C=O) groups is 2. The van der Waals surface area contributed by atoms with Crippen LogP contribution in [0.15, 0.2) is 34.9 Å². The molecule has 0 unspecified atom stereocenters. The van der Waals surface area contributed by atoms with Crippen molar-refractivity contribution < 1.29 is 14.1 Å². The maximum atomic E-state index is 12.1. The van der Waals surface area contributed by atoms with Gasteiger partial charge in [0.25, 0.3) is 0 Å². The number of aromatic nitrogens is 1. The second-order valence-corrected chi connectivity index (χ2v) is 5.81. The van der Waals surface area contributed by atoms with E-state index in [9.17, 15) is 9.59 Å². The van der Waals surface area contributed by atoms with Crippen LogP contribution in [0.5, 0.6) is 0 Å². The van der Waals surface area contributed by atoms with Gasteiger partial charge in [-0.1, -0.05) is 28.9 Å². The zero-order valence-electron chi connectivity index (χ0n) is 11.4. The molecule has 2 aromatic carbocycles. The Morgan fingerprint density at radius 1 is 1.23 bits per heavy atom. The first-order valence-electron chi connectivity index (χ1n) is 6.95. The number of benzene rings is 2. The zero-order chi connectivity index (χ0) is 15.3. The van der Waals surface area contributed by atoms with Crippen LogP contribution in [0.1, 0.15) is 24.5 Å². The van der Waals surface area contributed by atoms with Gasteiger partial charge in [0.1, 0.15) is 5.69 Å². The van der Waals surface area contributed by atoms with Crippen molar-refractivity contribution in [1.82, 2.24) is 10.5 Å². The lowest BCUT2D eigenvalue weighted by molar-refractivity contribution is -0.134. The van der Waals surface area contributed by atoms with Crippen LogP contribution in [0.3, 0.4) is 0 Å². The average molecular weight is 315 g/mol. The molecule has 110 valence electrons. The Hall–Kier alpha value is -2.40. The predicted octanol–water partition coefficient (Wildman–Crippen LogP) is 3.15. The summed E-state index contributed by atoms with van der Waals surface area (Å²) >= 11 is 6.03. The fraction of sp³-hybridized carbons (Fsp3) is 0.188. The summed E-state index contributed by atoms with van der Waals surface area (Å²) in [6, 6.07) is 9.27. The van der Waals surface area contributed by atoms with E-state index < -0.39 is 5.92 Å². The van der Waals surface area contributed by atoms with E-state index in [0.29, 0.717) is 29.1 Å². The van der Waals surface area contributed by atoms with Gasteiger partial charge < -0.3 is 4.52 Å². The van der Waals surface area contributed by atoms with Gasteiger partial charge in [0.2, 0.25) is 11.8 Å². The van der Waals surface area contributed by atoms with E-state index in [2.05, 4.69) is 10.5 Å². The first-order chi connectivity index (χ1) is 10.6. The van der Waals surface area contributed by atoms with E-state index in [0.717, 1.165) is 16.2 Å². The number of amides is 2. The number of fused-ring (bicyclic) bond motifs is 3. The molecule has 1 aliphatic rings. The minimum absolute atomic E-state index is 0.245. The third-order valence-corrected chi connectivity index (χ3v) is 4.25.